The lowest BCUT2D eigenvalue weighted by Crippen LogP contribution is -2.33. The van der Waals surface area contributed by atoms with E-state index in [1.54, 1.807) is 0 Å². The summed E-state index contributed by atoms with van der Waals surface area (Å²) in [5.41, 5.74) is 4.19. The van der Waals surface area contributed by atoms with Crippen molar-refractivity contribution in [2.75, 3.05) is 32.1 Å². The number of piperidine rings is 1. The van der Waals surface area contributed by atoms with Crippen LogP contribution in [0.15, 0.2) is 48.5 Å². The molecule has 3 rings (SSSR count). The van der Waals surface area contributed by atoms with E-state index in [1.165, 1.54) is 31.5 Å². The van der Waals surface area contributed by atoms with Crippen LogP contribution in [0, 0.1) is 5.92 Å². The molecule has 0 radical (unpaired) electrons. The number of amides is 1. The third-order valence-electron chi connectivity index (χ3n) is 5.25. The second kappa shape index (κ2) is 9.05. The molecule has 4 nitrogen and oxygen atoms in total. The van der Waals surface area contributed by atoms with Gasteiger partial charge >= 0.3 is 0 Å². The molecule has 0 aliphatic carbocycles. The van der Waals surface area contributed by atoms with E-state index in [0.29, 0.717) is 12.1 Å². The summed E-state index contributed by atoms with van der Waals surface area (Å²) in [6, 6.07) is 16.3. The number of hydrogen-bond donors (Lipinski definition) is 1. The van der Waals surface area contributed by atoms with Gasteiger partial charge in [0, 0.05) is 45.0 Å². The van der Waals surface area contributed by atoms with Crippen molar-refractivity contribution < 1.29 is 4.79 Å². The lowest BCUT2D eigenvalue weighted by molar-refractivity contribution is 0.0951. The number of likely N-dealkylation sites (tertiary alicyclic amines) is 1. The Kier molecular flexibility index (Phi) is 6.51. The molecule has 1 atom stereocenters. The first kappa shape index (κ1) is 19.4. The number of carbonyl (C=O) groups is 1. The van der Waals surface area contributed by atoms with Crippen LogP contribution in [0.5, 0.6) is 0 Å². The Balaban J connectivity index is 1.52. The Hall–Kier alpha value is -2.33. The molecule has 4 heteroatoms. The molecule has 2 aromatic carbocycles. The van der Waals surface area contributed by atoms with Crippen LogP contribution in [0.3, 0.4) is 0 Å². The Morgan fingerprint density at radius 3 is 2.59 bits per heavy atom. The fraction of sp³-hybridized carbons (Fsp3) is 0.435. The summed E-state index contributed by atoms with van der Waals surface area (Å²) in [4.78, 5) is 17.0. The molecule has 1 aliphatic heterocycles. The first-order valence-corrected chi connectivity index (χ1v) is 9.87. The second-order valence-corrected chi connectivity index (χ2v) is 7.93. The van der Waals surface area contributed by atoms with Gasteiger partial charge in [-0.25, -0.2) is 0 Å². The molecule has 0 aromatic heterocycles. The monoisotopic (exact) mass is 365 g/mol. The van der Waals surface area contributed by atoms with Crippen molar-refractivity contribution in [3.63, 3.8) is 0 Å². The van der Waals surface area contributed by atoms with Gasteiger partial charge in [-0.15, -0.1) is 0 Å². The smallest absolute Gasteiger partial charge is 0.251 e. The number of hydrogen-bond acceptors (Lipinski definition) is 3. The molecule has 144 valence electrons. The minimum Gasteiger partial charge on any atom is -0.378 e. The van der Waals surface area contributed by atoms with Crippen molar-refractivity contribution in [3.8, 4) is 0 Å². The van der Waals surface area contributed by atoms with Crippen LogP contribution in [0.4, 0.5) is 5.69 Å². The average molecular weight is 366 g/mol. The average Bonchev–Trinajstić information content (AvgIpc) is 2.67. The third kappa shape index (κ3) is 5.57. The molecule has 1 aliphatic rings. The van der Waals surface area contributed by atoms with E-state index < -0.39 is 0 Å². The Labute approximate surface area is 163 Å². The fourth-order valence-corrected chi connectivity index (χ4v) is 3.66. The van der Waals surface area contributed by atoms with Gasteiger partial charge in [-0.1, -0.05) is 37.3 Å². The lowest BCUT2D eigenvalue weighted by atomic mass is 9.99. The first-order valence-electron chi connectivity index (χ1n) is 9.87. The SMILES string of the molecule is CC1CCCN(Cc2ccc(CNC(=O)c3cccc(N(C)C)c3)cc2)C1. The van der Waals surface area contributed by atoms with Gasteiger partial charge in [0.2, 0.25) is 0 Å². The van der Waals surface area contributed by atoms with E-state index in [1.807, 2.05) is 43.3 Å². The van der Waals surface area contributed by atoms with Crippen LogP contribution in [0.25, 0.3) is 0 Å². The van der Waals surface area contributed by atoms with Gasteiger partial charge in [0.15, 0.2) is 0 Å². The summed E-state index contributed by atoms with van der Waals surface area (Å²) < 4.78 is 0. The topological polar surface area (TPSA) is 35.6 Å². The number of rotatable bonds is 6. The first-order chi connectivity index (χ1) is 13.0. The van der Waals surface area contributed by atoms with Crippen molar-refractivity contribution >= 4 is 11.6 Å². The lowest BCUT2D eigenvalue weighted by Gasteiger charge is -2.30. The van der Waals surface area contributed by atoms with Crippen molar-refractivity contribution in [1.29, 1.82) is 0 Å². The Morgan fingerprint density at radius 1 is 1.15 bits per heavy atom. The van der Waals surface area contributed by atoms with E-state index in [4.69, 9.17) is 0 Å². The van der Waals surface area contributed by atoms with E-state index in [2.05, 4.69) is 41.4 Å². The number of nitrogens with zero attached hydrogens (tertiary/aromatic N) is 2. The van der Waals surface area contributed by atoms with Gasteiger partial charge in [0.25, 0.3) is 5.91 Å². The minimum absolute atomic E-state index is 0.0370. The van der Waals surface area contributed by atoms with Gasteiger partial charge in [-0.2, -0.15) is 0 Å². The molecular formula is C23H31N3O. The summed E-state index contributed by atoms with van der Waals surface area (Å²) in [6.45, 7) is 6.31. The minimum atomic E-state index is -0.0370. The summed E-state index contributed by atoms with van der Waals surface area (Å²) in [5, 5.41) is 3.02. The fourth-order valence-electron chi connectivity index (χ4n) is 3.66. The van der Waals surface area contributed by atoms with Crippen molar-refractivity contribution in [2.45, 2.75) is 32.9 Å². The van der Waals surface area contributed by atoms with Crippen LogP contribution in [0.2, 0.25) is 0 Å². The van der Waals surface area contributed by atoms with E-state index >= 15 is 0 Å². The van der Waals surface area contributed by atoms with Gasteiger partial charge in [0.1, 0.15) is 0 Å². The highest BCUT2D eigenvalue weighted by Gasteiger charge is 2.16. The Morgan fingerprint density at radius 2 is 1.89 bits per heavy atom. The number of nitrogens with one attached hydrogen (secondary N) is 1. The zero-order chi connectivity index (χ0) is 19.2. The predicted molar refractivity (Wildman–Crippen MR) is 112 cm³/mol. The predicted octanol–water partition coefficient (Wildman–Crippen LogP) is 3.91. The normalized spacial score (nSPS) is 17.5. The number of carbonyl (C=O) groups excluding carboxylic acids is 1. The maximum absolute atomic E-state index is 12.4. The van der Waals surface area contributed by atoms with E-state index in [-0.39, 0.29) is 5.91 Å². The van der Waals surface area contributed by atoms with Crippen molar-refractivity contribution in [3.05, 3.63) is 65.2 Å². The largest absolute Gasteiger partial charge is 0.378 e. The standard InChI is InChI=1S/C23H31N3O/c1-18-6-5-13-26(16-18)17-20-11-9-19(10-12-20)15-24-23(27)21-7-4-8-22(14-21)25(2)3/h4,7-12,14,18H,5-6,13,15-17H2,1-3H3,(H,24,27). The molecule has 1 saturated heterocycles. The molecule has 0 spiro atoms. The van der Waals surface area contributed by atoms with Crippen LogP contribution in [0.1, 0.15) is 41.3 Å². The molecule has 1 unspecified atom stereocenters. The third-order valence-corrected chi connectivity index (χ3v) is 5.25. The number of benzene rings is 2. The highest BCUT2D eigenvalue weighted by molar-refractivity contribution is 5.95. The van der Waals surface area contributed by atoms with Gasteiger partial charge < -0.3 is 10.2 Å². The molecule has 2 aromatic rings. The molecule has 27 heavy (non-hydrogen) atoms. The van der Waals surface area contributed by atoms with E-state index in [0.717, 1.165) is 23.7 Å². The number of anilines is 1. The molecule has 0 bridgehead atoms. The van der Waals surface area contributed by atoms with Gasteiger partial charge in [-0.3, -0.25) is 9.69 Å². The van der Waals surface area contributed by atoms with Crippen molar-refractivity contribution in [1.82, 2.24) is 10.2 Å². The van der Waals surface area contributed by atoms with Gasteiger partial charge in [0.05, 0.1) is 0 Å². The summed E-state index contributed by atoms with van der Waals surface area (Å²) in [6.07, 6.45) is 2.66. The summed E-state index contributed by atoms with van der Waals surface area (Å²) in [7, 11) is 3.95. The molecule has 0 saturated carbocycles. The molecule has 1 amide bonds. The molecule has 1 N–H and O–H groups in total. The Bertz CT molecular complexity index is 754. The molecule has 1 heterocycles. The summed E-state index contributed by atoms with van der Waals surface area (Å²) in [5.74, 6) is 0.768. The van der Waals surface area contributed by atoms with Crippen LogP contribution >= 0.6 is 0 Å². The van der Waals surface area contributed by atoms with E-state index in [9.17, 15) is 4.79 Å². The molecule has 1 fully saturated rings. The van der Waals surface area contributed by atoms with Crippen LogP contribution < -0.4 is 10.2 Å². The highest BCUT2D eigenvalue weighted by Crippen LogP contribution is 2.18. The van der Waals surface area contributed by atoms with Crippen molar-refractivity contribution in [2.24, 2.45) is 5.92 Å². The maximum atomic E-state index is 12.4. The highest BCUT2D eigenvalue weighted by atomic mass is 16.1. The summed E-state index contributed by atoms with van der Waals surface area (Å²) >= 11 is 0. The van der Waals surface area contributed by atoms with Crippen LogP contribution in [-0.4, -0.2) is 38.0 Å². The quantitative estimate of drug-likeness (QED) is 0.843. The zero-order valence-electron chi connectivity index (χ0n) is 16.7. The van der Waals surface area contributed by atoms with Gasteiger partial charge in [-0.05, 0) is 54.6 Å². The second-order valence-electron chi connectivity index (χ2n) is 7.93. The van der Waals surface area contributed by atoms with Crippen LogP contribution in [-0.2, 0) is 13.1 Å². The maximum Gasteiger partial charge on any atom is 0.251 e. The molecular weight excluding hydrogens is 334 g/mol. The zero-order valence-corrected chi connectivity index (χ0v) is 16.7.